The molecule has 5 heterocycles. The van der Waals surface area contributed by atoms with Crippen molar-refractivity contribution in [2.75, 3.05) is 18.1 Å². The Morgan fingerprint density at radius 2 is 1.50 bits per heavy atom. The first-order valence-corrected chi connectivity index (χ1v) is 14.1. The van der Waals surface area contributed by atoms with Crippen LogP contribution in [0.1, 0.15) is 27.0 Å². The molecule has 5 rings (SSSR count). The van der Waals surface area contributed by atoms with E-state index in [-0.39, 0.29) is 38.4 Å². The van der Waals surface area contributed by atoms with Crippen LogP contribution in [0.25, 0.3) is 20.7 Å². The third-order valence-corrected chi connectivity index (χ3v) is 8.01. The van der Waals surface area contributed by atoms with E-state index in [0.29, 0.717) is 14.3 Å². The van der Waals surface area contributed by atoms with Gasteiger partial charge in [-0.15, -0.1) is 0 Å². The van der Waals surface area contributed by atoms with Crippen LogP contribution in [-0.2, 0) is 33.3 Å². The fourth-order valence-corrected chi connectivity index (χ4v) is 6.24. The van der Waals surface area contributed by atoms with Gasteiger partial charge in [-0.25, -0.2) is 0 Å². The molecule has 1 aliphatic rings. The lowest BCUT2D eigenvalue weighted by Crippen LogP contribution is -2.40. The molecule has 0 aromatic carbocycles. The number of nitrogen functional groups attached to an aromatic ring is 2. The molecule has 0 bridgehead atoms. The minimum Gasteiger partial charge on any atom is -0.463 e. The summed E-state index contributed by atoms with van der Waals surface area (Å²) in [6.07, 6.45) is -4.34. The number of nitrogens with one attached hydrogen (secondary N) is 3. The van der Waals surface area contributed by atoms with Crippen molar-refractivity contribution in [3.8, 4) is 0 Å². The maximum atomic E-state index is 12.2. The van der Waals surface area contributed by atoms with Crippen LogP contribution in [0.2, 0.25) is 0 Å². The number of hydrogen-bond acceptors (Lipinski definition) is 17. The molecule has 21 heteroatoms. The third kappa shape index (κ3) is 6.70. The molecule has 1 aliphatic heterocycles. The topological polar surface area (TPSA) is 252 Å². The number of hydrogen-bond donors (Lipinski definition) is 5. The molecule has 7 N–H and O–H groups in total. The maximum absolute atomic E-state index is 12.2. The third-order valence-electron chi connectivity index (χ3n) is 5.40. The van der Waals surface area contributed by atoms with E-state index in [1.807, 2.05) is 0 Å². The highest BCUT2D eigenvalue weighted by Crippen LogP contribution is 2.37. The second-order valence-electron chi connectivity index (χ2n) is 8.50. The number of ether oxygens (including phenoxy) is 4. The normalized spacial score (nSPS) is 19.7. The van der Waals surface area contributed by atoms with E-state index in [0.717, 1.165) is 11.3 Å². The Hall–Kier alpha value is -4.05. The molecule has 42 heavy (non-hydrogen) atoms. The van der Waals surface area contributed by atoms with Gasteiger partial charge in [0.25, 0.3) is 11.1 Å². The Labute approximate surface area is 251 Å². The average molecular weight is 659 g/mol. The summed E-state index contributed by atoms with van der Waals surface area (Å²) < 4.78 is 24.3. The summed E-state index contributed by atoms with van der Waals surface area (Å²) in [5, 5.41) is 0. The van der Waals surface area contributed by atoms with Crippen molar-refractivity contribution in [1.29, 1.82) is 0 Å². The molecule has 17 nitrogen and oxygen atoms in total. The van der Waals surface area contributed by atoms with E-state index in [1.165, 1.54) is 36.7 Å². The lowest BCUT2D eigenvalue weighted by Gasteiger charge is -2.23. The zero-order chi connectivity index (χ0) is 30.9. The van der Waals surface area contributed by atoms with Gasteiger partial charge < -0.3 is 35.4 Å². The number of H-pyrrole nitrogens is 3. The van der Waals surface area contributed by atoms with E-state index < -0.39 is 48.0 Å². The van der Waals surface area contributed by atoms with Gasteiger partial charge in [0.2, 0.25) is 11.9 Å². The zero-order valence-electron chi connectivity index (χ0n) is 21.8. The van der Waals surface area contributed by atoms with Crippen LogP contribution >= 0.6 is 47.1 Å². The molecule has 0 radical (unpaired) electrons. The van der Waals surface area contributed by atoms with Gasteiger partial charge >= 0.3 is 17.9 Å². The van der Waals surface area contributed by atoms with Gasteiger partial charge in [0.15, 0.2) is 37.6 Å². The Balaban J connectivity index is 0.000000279. The number of carbonyl (C=O) groups excluding carboxylic acids is 3. The summed E-state index contributed by atoms with van der Waals surface area (Å²) in [6, 6.07) is 0. The van der Waals surface area contributed by atoms with E-state index in [4.69, 9.17) is 54.9 Å². The van der Waals surface area contributed by atoms with E-state index >= 15 is 0 Å². The lowest BCUT2D eigenvalue weighted by atomic mass is 10.1. The van der Waals surface area contributed by atoms with Gasteiger partial charge in [-0.05, 0) is 24.4 Å². The molecular formula is C21H22N8O9S4. The van der Waals surface area contributed by atoms with Crippen molar-refractivity contribution >= 4 is 97.6 Å². The Kier molecular flexibility index (Phi) is 9.15. The Morgan fingerprint density at radius 3 is 2.12 bits per heavy atom. The van der Waals surface area contributed by atoms with Crippen LogP contribution in [0, 0.1) is 7.91 Å². The molecule has 4 aromatic rings. The fraction of sp³-hybridized carbons (Fsp3) is 0.381. The minimum atomic E-state index is -1.15. The van der Waals surface area contributed by atoms with Crippen LogP contribution in [0.4, 0.5) is 11.9 Å². The fourth-order valence-electron chi connectivity index (χ4n) is 3.94. The van der Waals surface area contributed by atoms with Crippen molar-refractivity contribution < 1.29 is 33.3 Å². The number of aromatic nitrogens is 6. The van der Waals surface area contributed by atoms with Crippen molar-refractivity contribution in [3.63, 3.8) is 0 Å². The summed E-state index contributed by atoms with van der Waals surface area (Å²) in [5.41, 5.74) is 10.8. The number of fused-ring (bicyclic) bond motifs is 2. The van der Waals surface area contributed by atoms with Gasteiger partial charge in [-0.2, -0.15) is 9.97 Å². The smallest absolute Gasteiger partial charge is 0.303 e. The van der Waals surface area contributed by atoms with E-state index in [1.54, 1.807) is 0 Å². The summed E-state index contributed by atoms with van der Waals surface area (Å²) in [7, 11) is 0. The van der Waals surface area contributed by atoms with E-state index in [2.05, 4.69) is 24.9 Å². The highest BCUT2D eigenvalue weighted by Gasteiger charge is 2.51. The van der Waals surface area contributed by atoms with Crippen molar-refractivity contribution in [2.24, 2.45) is 0 Å². The average Bonchev–Trinajstić information content (AvgIpc) is 3.50. The number of anilines is 2. The number of aromatic amines is 3. The number of nitrogens with two attached hydrogens (primary N) is 2. The Morgan fingerprint density at radius 1 is 0.905 bits per heavy atom. The molecule has 1 saturated heterocycles. The first-order valence-electron chi connectivity index (χ1n) is 11.7. The second-order valence-corrected chi connectivity index (χ2v) is 11.8. The van der Waals surface area contributed by atoms with E-state index in [9.17, 15) is 24.0 Å². The SMILES string of the molecule is CC(=O)OC[C@H]1O[C@@H](n2c(=S)sc3c(=O)[nH]c(N)nc32)[C@H](OC(C)=O)[C@H]1OC(C)=O.Nc1nc2[nH]c(=S)sc2c(=O)[nH]1. The molecule has 4 atom stereocenters. The summed E-state index contributed by atoms with van der Waals surface area (Å²) in [6.45, 7) is 3.28. The molecule has 0 saturated carbocycles. The summed E-state index contributed by atoms with van der Waals surface area (Å²) in [4.78, 5) is 73.5. The molecule has 0 spiro atoms. The molecular weight excluding hydrogens is 637 g/mol. The van der Waals surface area contributed by atoms with Gasteiger partial charge in [-0.1, -0.05) is 22.7 Å². The molecule has 0 unspecified atom stereocenters. The number of rotatable bonds is 5. The van der Waals surface area contributed by atoms with Crippen LogP contribution < -0.4 is 22.6 Å². The molecule has 224 valence electrons. The predicted molar refractivity (Wildman–Crippen MR) is 155 cm³/mol. The van der Waals surface area contributed by atoms with Crippen LogP contribution in [0.15, 0.2) is 9.59 Å². The van der Waals surface area contributed by atoms with Gasteiger partial charge in [0.1, 0.15) is 22.1 Å². The number of carbonyl (C=O) groups is 3. The van der Waals surface area contributed by atoms with Crippen LogP contribution in [-0.4, -0.2) is 72.3 Å². The largest absolute Gasteiger partial charge is 0.463 e. The second kappa shape index (κ2) is 12.4. The van der Waals surface area contributed by atoms with Gasteiger partial charge in [0.05, 0.1) is 0 Å². The van der Waals surface area contributed by atoms with Crippen molar-refractivity contribution in [1.82, 2.24) is 29.5 Å². The molecule has 0 aliphatic carbocycles. The number of thiazole rings is 2. The number of esters is 3. The number of nitrogens with zero attached hydrogens (tertiary/aromatic N) is 3. The minimum absolute atomic E-state index is 0.0940. The quantitative estimate of drug-likeness (QED) is 0.114. The molecule has 1 fully saturated rings. The monoisotopic (exact) mass is 658 g/mol. The summed E-state index contributed by atoms with van der Waals surface area (Å²) >= 11 is 12.4. The summed E-state index contributed by atoms with van der Waals surface area (Å²) in [5.74, 6) is -1.96. The van der Waals surface area contributed by atoms with Gasteiger partial charge in [-0.3, -0.25) is 38.5 Å². The first-order chi connectivity index (χ1) is 19.7. The lowest BCUT2D eigenvalue weighted by molar-refractivity contribution is -0.166. The van der Waals surface area contributed by atoms with Crippen molar-refractivity contribution in [2.45, 2.75) is 45.3 Å². The standard InChI is InChI=1S/C16H18N4O8S2.C5H4N4OS2/c1-5(21)25-4-8-9(26-6(2)22)10(27-7(3)23)14(28-8)20-12-11(30-16(20)29)13(24)19-15(17)18-12;6-4-7-2-1(3(10)9-4)12-5(11)8-2/h8-10,14H,4H2,1-3H3,(H3,17,18,19,24);(H4,6,7,8,9,10,11)/t8-,9+,10-,14-;/m1./s1. The van der Waals surface area contributed by atoms with Crippen LogP contribution in [0.3, 0.4) is 0 Å². The van der Waals surface area contributed by atoms with Crippen molar-refractivity contribution in [3.05, 3.63) is 28.6 Å². The van der Waals surface area contributed by atoms with Crippen LogP contribution in [0.5, 0.6) is 0 Å². The molecule has 0 amide bonds. The highest BCUT2D eigenvalue weighted by molar-refractivity contribution is 7.74. The maximum Gasteiger partial charge on any atom is 0.303 e. The van der Waals surface area contributed by atoms with Gasteiger partial charge in [0, 0.05) is 20.8 Å². The Bertz CT molecular complexity index is 1920. The first kappa shape index (κ1) is 30.9. The molecule has 4 aromatic heterocycles. The predicted octanol–water partition coefficient (Wildman–Crippen LogP) is 1.05. The highest BCUT2D eigenvalue weighted by atomic mass is 32.2. The zero-order valence-corrected chi connectivity index (χ0v) is 25.1.